The van der Waals surface area contributed by atoms with Gasteiger partial charge >= 0.3 is 6.18 Å². The number of carbonyl (C=O) groups is 1. The Labute approximate surface area is 185 Å². The topological polar surface area (TPSA) is 59.9 Å². The number of nitrogens with zero attached hydrogens (tertiary/aromatic N) is 1. The highest BCUT2D eigenvalue weighted by molar-refractivity contribution is 6.11. The third-order valence-electron chi connectivity index (χ3n) is 5.07. The molecule has 1 N–H and O–H groups in total. The molecule has 0 radical (unpaired) electrons. The van der Waals surface area contributed by atoms with Crippen molar-refractivity contribution in [2.75, 3.05) is 20.2 Å². The van der Waals surface area contributed by atoms with E-state index in [4.69, 9.17) is 9.47 Å². The molecule has 1 aliphatic heterocycles. The van der Waals surface area contributed by atoms with Gasteiger partial charge in [-0.25, -0.2) is 0 Å². The largest absolute Gasteiger partial charge is 0.496 e. The maximum absolute atomic E-state index is 13.5. The molecule has 2 aromatic rings. The molecule has 5 nitrogen and oxygen atoms in total. The molecular formula is C24H27F3N2O3. The standard InChI is InChI=1S/C24H27F3N2O3/c1-15(2)12-22(23(30)28-11-10-16-6-4-5-7-21(16)31-3)32-17-8-9-18(20-14-29-20)19(13-17)24(25,26)27/h4-9,13,15,22H,10-12,14H2,1-3H3,(H,28,30). The fraction of sp³-hybridized carbons (Fsp3) is 0.417. The van der Waals surface area contributed by atoms with Crippen LogP contribution in [0.1, 0.15) is 37.0 Å². The fourth-order valence-electron chi connectivity index (χ4n) is 3.44. The second-order valence-electron chi connectivity index (χ2n) is 8.06. The van der Waals surface area contributed by atoms with E-state index in [1.54, 1.807) is 7.11 Å². The number of ether oxygens (including phenoxy) is 2. The molecule has 0 fully saturated rings. The van der Waals surface area contributed by atoms with Crippen molar-refractivity contribution in [3.63, 3.8) is 0 Å². The van der Waals surface area contributed by atoms with Crippen LogP contribution in [0.15, 0.2) is 47.5 Å². The first-order valence-electron chi connectivity index (χ1n) is 10.5. The van der Waals surface area contributed by atoms with E-state index in [0.29, 0.717) is 31.6 Å². The lowest BCUT2D eigenvalue weighted by Gasteiger charge is -2.21. The summed E-state index contributed by atoms with van der Waals surface area (Å²) in [4.78, 5) is 16.7. The summed E-state index contributed by atoms with van der Waals surface area (Å²) in [6.07, 6.45) is -4.52. The number of amides is 1. The summed E-state index contributed by atoms with van der Waals surface area (Å²) in [6, 6.07) is 11.3. The van der Waals surface area contributed by atoms with E-state index in [1.807, 2.05) is 38.1 Å². The molecule has 1 heterocycles. The summed E-state index contributed by atoms with van der Waals surface area (Å²) in [5.41, 5.74) is 0.638. The van der Waals surface area contributed by atoms with Gasteiger partial charge in [0.25, 0.3) is 5.91 Å². The quantitative estimate of drug-likeness (QED) is 0.575. The first-order valence-corrected chi connectivity index (χ1v) is 10.5. The Hall–Kier alpha value is -3.03. The molecule has 0 saturated carbocycles. The molecule has 0 saturated heterocycles. The van der Waals surface area contributed by atoms with E-state index < -0.39 is 17.8 Å². The summed E-state index contributed by atoms with van der Waals surface area (Å²) in [5.74, 6) is 0.490. The lowest BCUT2D eigenvalue weighted by Crippen LogP contribution is -2.40. The van der Waals surface area contributed by atoms with Gasteiger partial charge in [0, 0.05) is 12.1 Å². The minimum atomic E-state index is -4.54. The average molecular weight is 448 g/mol. The van der Waals surface area contributed by atoms with Crippen LogP contribution in [0.2, 0.25) is 0 Å². The zero-order valence-corrected chi connectivity index (χ0v) is 18.3. The molecule has 0 aromatic heterocycles. The van der Waals surface area contributed by atoms with Crippen LogP contribution in [-0.4, -0.2) is 37.9 Å². The molecule has 3 rings (SSSR count). The van der Waals surface area contributed by atoms with Crippen molar-refractivity contribution in [3.8, 4) is 11.5 Å². The van der Waals surface area contributed by atoms with Crippen molar-refractivity contribution in [1.29, 1.82) is 0 Å². The highest BCUT2D eigenvalue weighted by atomic mass is 19.4. The van der Waals surface area contributed by atoms with E-state index in [2.05, 4.69) is 10.3 Å². The zero-order valence-electron chi connectivity index (χ0n) is 18.3. The SMILES string of the molecule is COc1ccccc1CCNC(=O)C(CC(C)C)Oc1ccc(C2=NC2)c(C(F)(F)F)c1. The number of aliphatic imine (C=N–C) groups is 1. The lowest BCUT2D eigenvalue weighted by molar-refractivity contribution is -0.137. The highest BCUT2D eigenvalue weighted by Gasteiger charge is 2.36. The summed E-state index contributed by atoms with van der Waals surface area (Å²) in [5, 5.41) is 2.83. The fourth-order valence-corrected chi connectivity index (χ4v) is 3.44. The molecule has 8 heteroatoms. The van der Waals surface area contributed by atoms with Crippen molar-refractivity contribution in [3.05, 3.63) is 59.2 Å². The molecule has 0 bridgehead atoms. The van der Waals surface area contributed by atoms with E-state index >= 15 is 0 Å². The van der Waals surface area contributed by atoms with Crippen LogP contribution in [-0.2, 0) is 17.4 Å². The molecule has 1 amide bonds. The van der Waals surface area contributed by atoms with Gasteiger partial charge in [-0.3, -0.25) is 9.79 Å². The van der Waals surface area contributed by atoms with Crippen LogP contribution >= 0.6 is 0 Å². The van der Waals surface area contributed by atoms with Crippen LogP contribution in [0.5, 0.6) is 11.5 Å². The first kappa shape index (κ1) is 23.6. The predicted octanol–water partition coefficient (Wildman–Crippen LogP) is 4.67. The molecule has 2 aromatic carbocycles. The Balaban J connectivity index is 1.69. The Morgan fingerprint density at radius 3 is 2.53 bits per heavy atom. The number of para-hydroxylation sites is 1. The Morgan fingerprint density at radius 2 is 1.91 bits per heavy atom. The number of methoxy groups -OCH3 is 1. The molecule has 172 valence electrons. The van der Waals surface area contributed by atoms with Gasteiger partial charge < -0.3 is 14.8 Å². The lowest BCUT2D eigenvalue weighted by atomic mass is 10.0. The summed E-state index contributed by atoms with van der Waals surface area (Å²) in [7, 11) is 1.58. The monoisotopic (exact) mass is 448 g/mol. The number of halogens is 3. The third-order valence-corrected chi connectivity index (χ3v) is 5.07. The molecule has 1 aliphatic rings. The van der Waals surface area contributed by atoms with Crippen LogP contribution in [0.3, 0.4) is 0 Å². The average Bonchev–Trinajstić information content (AvgIpc) is 3.58. The molecule has 32 heavy (non-hydrogen) atoms. The van der Waals surface area contributed by atoms with Crippen molar-refractivity contribution >= 4 is 11.6 Å². The van der Waals surface area contributed by atoms with Gasteiger partial charge in [0.15, 0.2) is 6.10 Å². The minimum Gasteiger partial charge on any atom is -0.496 e. The van der Waals surface area contributed by atoms with Crippen molar-refractivity contribution in [2.45, 2.75) is 39.0 Å². The summed E-state index contributed by atoms with van der Waals surface area (Å²) in [6.45, 7) is 4.51. The van der Waals surface area contributed by atoms with Gasteiger partial charge in [-0.05, 0) is 48.6 Å². The second-order valence-corrected chi connectivity index (χ2v) is 8.06. The number of hydrogen-bond acceptors (Lipinski definition) is 4. The predicted molar refractivity (Wildman–Crippen MR) is 116 cm³/mol. The van der Waals surface area contributed by atoms with Crippen LogP contribution in [0.4, 0.5) is 13.2 Å². The zero-order chi connectivity index (χ0) is 23.3. The number of benzene rings is 2. The van der Waals surface area contributed by atoms with Gasteiger partial charge in [-0.2, -0.15) is 13.2 Å². The Kier molecular flexibility index (Phi) is 7.43. The number of alkyl halides is 3. The molecule has 0 aliphatic carbocycles. The van der Waals surface area contributed by atoms with Gasteiger partial charge in [0.05, 0.1) is 24.9 Å². The number of nitrogens with one attached hydrogen (secondary N) is 1. The number of carbonyl (C=O) groups excluding carboxylic acids is 1. The van der Waals surface area contributed by atoms with Gasteiger partial charge in [0.2, 0.25) is 0 Å². The van der Waals surface area contributed by atoms with Gasteiger partial charge in [0.1, 0.15) is 11.5 Å². The first-order chi connectivity index (χ1) is 15.2. The number of hydrogen-bond donors (Lipinski definition) is 1. The van der Waals surface area contributed by atoms with Crippen molar-refractivity contribution in [2.24, 2.45) is 10.9 Å². The van der Waals surface area contributed by atoms with Gasteiger partial charge in [-0.1, -0.05) is 32.0 Å². The normalized spacial score (nSPS) is 14.0. The van der Waals surface area contributed by atoms with Crippen molar-refractivity contribution in [1.82, 2.24) is 5.32 Å². The minimum absolute atomic E-state index is 0.00727. The second kappa shape index (κ2) is 10.1. The molecular weight excluding hydrogens is 421 g/mol. The van der Waals surface area contributed by atoms with Crippen LogP contribution < -0.4 is 14.8 Å². The maximum atomic E-state index is 13.5. The Morgan fingerprint density at radius 1 is 1.19 bits per heavy atom. The highest BCUT2D eigenvalue weighted by Crippen LogP contribution is 2.36. The maximum Gasteiger partial charge on any atom is 0.417 e. The smallest absolute Gasteiger partial charge is 0.417 e. The Bertz CT molecular complexity index is 987. The van der Waals surface area contributed by atoms with Crippen molar-refractivity contribution < 1.29 is 27.4 Å². The van der Waals surface area contributed by atoms with E-state index in [0.717, 1.165) is 17.4 Å². The molecule has 0 spiro atoms. The number of rotatable bonds is 10. The summed E-state index contributed by atoms with van der Waals surface area (Å²) >= 11 is 0. The molecule has 1 atom stereocenters. The molecule has 1 unspecified atom stereocenters. The summed E-state index contributed by atoms with van der Waals surface area (Å²) < 4.78 is 51.6. The van der Waals surface area contributed by atoms with Crippen LogP contribution in [0.25, 0.3) is 0 Å². The van der Waals surface area contributed by atoms with Crippen LogP contribution in [0, 0.1) is 5.92 Å². The van der Waals surface area contributed by atoms with E-state index in [-0.39, 0.29) is 23.1 Å². The third kappa shape index (κ3) is 6.24. The van der Waals surface area contributed by atoms with E-state index in [1.165, 1.54) is 12.1 Å². The van der Waals surface area contributed by atoms with E-state index in [9.17, 15) is 18.0 Å². The van der Waals surface area contributed by atoms with Gasteiger partial charge in [-0.15, -0.1) is 0 Å².